The molecule has 0 aromatic rings. The van der Waals surface area contributed by atoms with E-state index in [-0.39, 0.29) is 11.9 Å². The van der Waals surface area contributed by atoms with Crippen LogP contribution in [0.3, 0.4) is 0 Å². The Kier molecular flexibility index (Phi) is 5.97. The van der Waals surface area contributed by atoms with E-state index in [9.17, 15) is 9.59 Å². The van der Waals surface area contributed by atoms with Gasteiger partial charge in [-0.1, -0.05) is 6.92 Å². The van der Waals surface area contributed by atoms with Gasteiger partial charge in [-0.25, -0.2) is 4.79 Å². The largest absolute Gasteiger partial charge is 0.446 e. The molecule has 0 aromatic carbocycles. The van der Waals surface area contributed by atoms with E-state index in [0.717, 1.165) is 19.3 Å². The summed E-state index contributed by atoms with van der Waals surface area (Å²) in [5, 5.41) is 2.56. The van der Waals surface area contributed by atoms with E-state index in [1.165, 1.54) is 0 Å². The van der Waals surface area contributed by atoms with Gasteiger partial charge in [0.2, 0.25) is 0 Å². The number of hydrogen-bond donors (Lipinski definition) is 1. The van der Waals surface area contributed by atoms with Crippen LogP contribution in [0.2, 0.25) is 0 Å². The van der Waals surface area contributed by atoms with Crippen LogP contribution in [-0.2, 0) is 14.3 Å². The fourth-order valence-corrected chi connectivity index (χ4v) is 1.70. The molecule has 1 rings (SSSR count). The molecule has 1 atom stereocenters. The smallest absolute Gasteiger partial charge is 0.407 e. The summed E-state index contributed by atoms with van der Waals surface area (Å²) in [5.41, 5.74) is 0. The van der Waals surface area contributed by atoms with Crippen LogP contribution in [0.5, 0.6) is 0 Å². The minimum absolute atomic E-state index is 0.0384. The number of carbonyl (C=O) groups is 2. The summed E-state index contributed by atoms with van der Waals surface area (Å²) in [6.07, 6.45) is 2.14. The number of ketones is 1. The van der Waals surface area contributed by atoms with Crippen molar-refractivity contribution >= 4 is 11.9 Å². The lowest BCUT2D eigenvalue weighted by Gasteiger charge is -2.23. The normalized spacial score (nSPS) is 18.5. The summed E-state index contributed by atoms with van der Waals surface area (Å²) in [6, 6.07) is -0.470. The van der Waals surface area contributed by atoms with E-state index in [4.69, 9.17) is 9.47 Å². The first-order chi connectivity index (χ1) is 8.13. The molecule has 1 fully saturated rings. The maximum absolute atomic E-state index is 11.5. The lowest BCUT2D eigenvalue weighted by Crippen LogP contribution is -2.41. The number of hydrogen-bond acceptors (Lipinski definition) is 4. The van der Waals surface area contributed by atoms with Crippen LogP contribution in [0.25, 0.3) is 0 Å². The summed E-state index contributed by atoms with van der Waals surface area (Å²) in [5.74, 6) is 0.0384. The summed E-state index contributed by atoms with van der Waals surface area (Å²) in [4.78, 5) is 23.0. The van der Waals surface area contributed by atoms with Crippen LogP contribution in [0.1, 0.15) is 39.5 Å². The van der Waals surface area contributed by atoms with Crippen LogP contribution in [-0.4, -0.2) is 37.2 Å². The first kappa shape index (κ1) is 14.0. The molecule has 1 amide bonds. The fourth-order valence-electron chi connectivity index (χ4n) is 1.70. The number of amides is 1. The van der Waals surface area contributed by atoms with E-state index in [2.05, 4.69) is 5.32 Å². The number of rotatable bonds is 5. The maximum Gasteiger partial charge on any atom is 0.407 e. The van der Waals surface area contributed by atoms with Gasteiger partial charge in [-0.3, -0.25) is 4.79 Å². The van der Waals surface area contributed by atoms with E-state index in [1.807, 2.05) is 6.92 Å². The molecule has 1 N–H and O–H groups in total. The van der Waals surface area contributed by atoms with Crippen molar-refractivity contribution in [2.45, 2.75) is 51.7 Å². The zero-order chi connectivity index (χ0) is 12.7. The monoisotopic (exact) mass is 243 g/mol. The van der Waals surface area contributed by atoms with Gasteiger partial charge >= 0.3 is 6.09 Å². The van der Waals surface area contributed by atoms with Gasteiger partial charge in [0.1, 0.15) is 6.10 Å². The lowest BCUT2D eigenvalue weighted by molar-refractivity contribution is -0.120. The molecule has 1 saturated heterocycles. The summed E-state index contributed by atoms with van der Waals surface area (Å²) < 4.78 is 10.4. The van der Waals surface area contributed by atoms with Crippen molar-refractivity contribution < 1.29 is 19.1 Å². The van der Waals surface area contributed by atoms with Crippen molar-refractivity contribution in [3.63, 3.8) is 0 Å². The van der Waals surface area contributed by atoms with Crippen LogP contribution in [0.4, 0.5) is 4.79 Å². The lowest BCUT2D eigenvalue weighted by atomic mass is 10.1. The average molecular weight is 243 g/mol. The van der Waals surface area contributed by atoms with Crippen LogP contribution in [0.15, 0.2) is 0 Å². The molecule has 98 valence electrons. The Balaban J connectivity index is 2.25. The summed E-state index contributed by atoms with van der Waals surface area (Å²) in [7, 11) is 0. The summed E-state index contributed by atoms with van der Waals surface area (Å²) in [6.45, 7) is 4.87. The maximum atomic E-state index is 11.5. The van der Waals surface area contributed by atoms with Gasteiger partial charge in [-0.15, -0.1) is 0 Å². The zero-order valence-electron chi connectivity index (χ0n) is 10.5. The van der Waals surface area contributed by atoms with Crippen LogP contribution < -0.4 is 5.32 Å². The molecule has 0 aromatic heterocycles. The fraction of sp³-hybridized carbons (Fsp3) is 0.833. The van der Waals surface area contributed by atoms with Crippen molar-refractivity contribution in [3.8, 4) is 0 Å². The minimum atomic E-state index is -0.506. The minimum Gasteiger partial charge on any atom is -0.446 e. The third kappa shape index (κ3) is 5.17. The van der Waals surface area contributed by atoms with E-state index in [1.54, 1.807) is 6.92 Å². The highest BCUT2D eigenvalue weighted by Crippen LogP contribution is 2.10. The second-order valence-corrected chi connectivity index (χ2v) is 4.30. The molecule has 1 heterocycles. The van der Waals surface area contributed by atoms with Gasteiger partial charge in [0.25, 0.3) is 0 Å². The van der Waals surface area contributed by atoms with Crippen molar-refractivity contribution in [2.24, 2.45) is 0 Å². The third-order valence-electron chi connectivity index (χ3n) is 2.76. The highest BCUT2D eigenvalue weighted by molar-refractivity contribution is 5.86. The molecular weight excluding hydrogens is 222 g/mol. The van der Waals surface area contributed by atoms with Crippen LogP contribution >= 0.6 is 0 Å². The molecule has 5 nitrogen and oxygen atoms in total. The molecular formula is C12H21NO4. The molecule has 0 saturated carbocycles. The van der Waals surface area contributed by atoms with Crippen molar-refractivity contribution in [3.05, 3.63) is 0 Å². The molecule has 17 heavy (non-hydrogen) atoms. The molecule has 0 spiro atoms. The Labute approximate surface area is 102 Å². The first-order valence-electron chi connectivity index (χ1n) is 6.21. The number of carbonyl (C=O) groups excluding carboxylic acids is 2. The zero-order valence-corrected chi connectivity index (χ0v) is 10.5. The quantitative estimate of drug-likeness (QED) is 0.797. The molecule has 1 aliphatic rings. The Hall–Kier alpha value is -1.10. The Morgan fingerprint density at radius 1 is 1.41 bits per heavy atom. The Morgan fingerprint density at radius 3 is 2.65 bits per heavy atom. The van der Waals surface area contributed by atoms with Gasteiger partial charge in [-0.05, 0) is 13.3 Å². The molecule has 0 bridgehead atoms. The van der Waals surface area contributed by atoms with Crippen molar-refractivity contribution in [1.82, 2.24) is 5.32 Å². The van der Waals surface area contributed by atoms with Gasteiger partial charge in [-0.2, -0.15) is 0 Å². The summed E-state index contributed by atoms with van der Waals surface area (Å²) >= 11 is 0. The Bertz CT molecular complexity index is 261. The van der Waals surface area contributed by atoms with Crippen molar-refractivity contribution in [1.29, 1.82) is 0 Å². The van der Waals surface area contributed by atoms with E-state index < -0.39 is 12.1 Å². The van der Waals surface area contributed by atoms with E-state index in [0.29, 0.717) is 19.6 Å². The molecule has 0 unspecified atom stereocenters. The predicted octanol–water partition coefficient (Wildman–Crippen LogP) is 1.65. The number of alkyl carbamates (subject to hydrolysis) is 1. The van der Waals surface area contributed by atoms with Gasteiger partial charge < -0.3 is 14.8 Å². The molecule has 5 heteroatoms. The molecule has 0 radical (unpaired) electrons. The SMILES string of the molecule is CCCC(=O)[C@@H](C)NC(=O)OC1CCOCC1. The highest BCUT2D eigenvalue weighted by atomic mass is 16.6. The van der Waals surface area contributed by atoms with Crippen LogP contribution in [0, 0.1) is 0 Å². The number of ether oxygens (including phenoxy) is 2. The first-order valence-corrected chi connectivity index (χ1v) is 6.21. The van der Waals surface area contributed by atoms with Gasteiger partial charge in [0.05, 0.1) is 19.3 Å². The molecule has 0 aliphatic carbocycles. The molecule has 1 aliphatic heterocycles. The average Bonchev–Trinajstić information content (AvgIpc) is 2.30. The van der Waals surface area contributed by atoms with E-state index >= 15 is 0 Å². The third-order valence-corrected chi connectivity index (χ3v) is 2.76. The second kappa shape index (κ2) is 7.27. The number of Topliss-reactive ketones (excluding diaryl/α,β-unsaturated/α-hetero) is 1. The standard InChI is InChI=1S/C12H21NO4/c1-3-4-11(14)9(2)13-12(15)17-10-5-7-16-8-6-10/h9-10H,3-8H2,1-2H3,(H,13,15)/t9-/m1/s1. The Morgan fingerprint density at radius 2 is 2.06 bits per heavy atom. The van der Waals surface area contributed by atoms with Crippen molar-refractivity contribution in [2.75, 3.05) is 13.2 Å². The topological polar surface area (TPSA) is 64.6 Å². The predicted molar refractivity (Wildman–Crippen MR) is 62.8 cm³/mol. The second-order valence-electron chi connectivity index (χ2n) is 4.30. The van der Waals surface area contributed by atoms with Gasteiger partial charge in [0.15, 0.2) is 5.78 Å². The number of nitrogens with one attached hydrogen (secondary N) is 1. The van der Waals surface area contributed by atoms with Gasteiger partial charge in [0, 0.05) is 19.3 Å². The highest BCUT2D eigenvalue weighted by Gasteiger charge is 2.20.